The summed E-state index contributed by atoms with van der Waals surface area (Å²) in [5, 5.41) is 3.95. The number of hydrogen-bond acceptors (Lipinski definition) is 4. The van der Waals surface area contributed by atoms with Crippen molar-refractivity contribution in [3.63, 3.8) is 0 Å². The van der Waals surface area contributed by atoms with Crippen molar-refractivity contribution in [1.29, 1.82) is 0 Å². The highest BCUT2D eigenvalue weighted by Crippen LogP contribution is 2.32. The van der Waals surface area contributed by atoms with Crippen molar-refractivity contribution in [2.24, 2.45) is 5.16 Å². The fraction of sp³-hybridized carbons (Fsp3) is 0.133. The Morgan fingerprint density at radius 2 is 1.90 bits per heavy atom. The minimum absolute atomic E-state index is 0.279. The van der Waals surface area contributed by atoms with E-state index in [0.717, 1.165) is 27.1 Å². The Labute approximate surface area is 125 Å². The van der Waals surface area contributed by atoms with Gasteiger partial charge in [-0.2, -0.15) is 0 Å². The minimum Gasteiger partial charge on any atom is -0.454 e. The number of oxime groups is 1. The highest BCUT2D eigenvalue weighted by atomic mass is 79.9. The number of rotatable bonds is 4. The Balaban J connectivity index is 1.56. The molecule has 1 aliphatic rings. The van der Waals surface area contributed by atoms with Gasteiger partial charge < -0.3 is 14.3 Å². The molecule has 0 unspecified atom stereocenters. The number of fused-ring (bicyclic) bond motifs is 1. The van der Waals surface area contributed by atoms with Crippen molar-refractivity contribution < 1.29 is 14.3 Å². The van der Waals surface area contributed by atoms with Crippen LogP contribution in [0.5, 0.6) is 11.5 Å². The molecule has 2 aromatic rings. The standard InChI is InChI=1S/C15H12BrNO3/c16-13-4-1-11(2-5-13)8-17-20-9-12-3-6-14-15(7-12)19-10-18-14/h1-8H,9-10H2/b17-8-. The molecule has 0 aromatic heterocycles. The molecule has 0 fully saturated rings. The van der Waals surface area contributed by atoms with E-state index in [9.17, 15) is 0 Å². The van der Waals surface area contributed by atoms with Gasteiger partial charge in [0.15, 0.2) is 11.5 Å². The van der Waals surface area contributed by atoms with Crippen molar-refractivity contribution in [3.8, 4) is 11.5 Å². The lowest BCUT2D eigenvalue weighted by Crippen LogP contribution is -1.93. The van der Waals surface area contributed by atoms with E-state index in [1.807, 2.05) is 42.5 Å². The smallest absolute Gasteiger partial charge is 0.231 e. The monoisotopic (exact) mass is 333 g/mol. The zero-order chi connectivity index (χ0) is 13.8. The second-order valence-electron chi connectivity index (χ2n) is 4.25. The van der Waals surface area contributed by atoms with Gasteiger partial charge in [0, 0.05) is 4.47 Å². The molecule has 1 heterocycles. The van der Waals surface area contributed by atoms with E-state index >= 15 is 0 Å². The van der Waals surface area contributed by atoms with Crippen LogP contribution in [0.25, 0.3) is 0 Å². The molecule has 0 aliphatic carbocycles. The van der Waals surface area contributed by atoms with Gasteiger partial charge in [-0.05, 0) is 35.4 Å². The van der Waals surface area contributed by atoms with Gasteiger partial charge in [-0.25, -0.2) is 0 Å². The summed E-state index contributed by atoms with van der Waals surface area (Å²) in [5.41, 5.74) is 1.97. The van der Waals surface area contributed by atoms with E-state index in [2.05, 4.69) is 21.1 Å². The Kier molecular flexibility index (Phi) is 3.87. The van der Waals surface area contributed by atoms with Gasteiger partial charge in [0.2, 0.25) is 6.79 Å². The molecule has 102 valence electrons. The van der Waals surface area contributed by atoms with Crippen LogP contribution >= 0.6 is 15.9 Å². The van der Waals surface area contributed by atoms with Gasteiger partial charge in [0.1, 0.15) is 6.61 Å². The lowest BCUT2D eigenvalue weighted by atomic mass is 10.2. The third-order valence-corrected chi connectivity index (χ3v) is 3.34. The summed E-state index contributed by atoms with van der Waals surface area (Å²) in [5.74, 6) is 1.52. The minimum atomic E-state index is 0.279. The third kappa shape index (κ3) is 3.11. The topological polar surface area (TPSA) is 40.0 Å². The van der Waals surface area contributed by atoms with Gasteiger partial charge >= 0.3 is 0 Å². The summed E-state index contributed by atoms with van der Waals surface area (Å²) >= 11 is 3.38. The summed E-state index contributed by atoms with van der Waals surface area (Å²) < 4.78 is 11.6. The molecule has 0 saturated carbocycles. The molecule has 4 nitrogen and oxygen atoms in total. The van der Waals surface area contributed by atoms with Gasteiger partial charge in [0.05, 0.1) is 6.21 Å². The molecule has 0 spiro atoms. The second-order valence-corrected chi connectivity index (χ2v) is 5.16. The van der Waals surface area contributed by atoms with Crippen LogP contribution in [0, 0.1) is 0 Å². The molecular formula is C15H12BrNO3. The lowest BCUT2D eigenvalue weighted by Gasteiger charge is -2.01. The van der Waals surface area contributed by atoms with Crippen molar-refractivity contribution in [2.75, 3.05) is 6.79 Å². The van der Waals surface area contributed by atoms with E-state index < -0.39 is 0 Å². The maximum absolute atomic E-state index is 5.31. The summed E-state index contributed by atoms with van der Waals surface area (Å²) in [4.78, 5) is 5.27. The SMILES string of the molecule is Brc1ccc(/C=N\OCc2ccc3c(c2)OCO3)cc1. The summed E-state index contributed by atoms with van der Waals surface area (Å²) in [6.07, 6.45) is 1.68. The molecule has 0 bridgehead atoms. The van der Waals surface area contributed by atoms with E-state index in [0.29, 0.717) is 6.61 Å². The second kappa shape index (κ2) is 5.96. The molecule has 3 rings (SSSR count). The van der Waals surface area contributed by atoms with Crippen LogP contribution in [-0.4, -0.2) is 13.0 Å². The normalized spacial score (nSPS) is 12.8. The molecule has 0 radical (unpaired) electrons. The van der Waals surface area contributed by atoms with Crippen LogP contribution in [-0.2, 0) is 11.4 Å². The van der Waals surface area contributed by atoms with Crippen LogP contribution < -0.4 is 9.47 Å². The van der Waals surface area contributed by atoms with E-state index in [-0.39, 0.29) is 6.79 Å². The predicted octanol–water partition coefficient (Wildman–Crippen LogP) is 3.73. The Bertz CT molecular complexity index is 626. The van der Waals surface area contributed by atoms with Crippen LogP contribution in [0.3, 0.4) is 0 Å². The van der Waals surface area contributed by atoms with Gasteiger partial charge in [-0.3, -0.25) is 0 Å². The molecule has 0 amide bonds. The quantitative estimate of drug-likeness (QED) is 0.632. The van der Waals surface area contributed by atoms with Crippen molar-refractivity contribution in [2.45, 2.75) is 6.61 Å². The average molecular weight is 334 g/mol. The Morgan fingerprint density at radius 3 is 2.75 bits per heavy atom. The zero-order valence-electron chi connectivity index (χ0n) is 10.6. The largest absolute Gasteiger partial charge is 0.454 e. The molecule has 2 aromatic carbocycles. The molecule has 0 saturated heterocycles. The molecule has 0 atom stereocenters. The fourth-order valence-electron chi connectivity index (χ4n) is 1.79. The predicted molar refractivity (Wildman–Crippen MR) is 79.1 cm³/mol. The van der Waals surface area contributed by atoms with Crippen LogP contribution in [0.2, 0.25) is 0 Å². The zero-order valence-corrected chi connectivity index (χ0v) is 12.2. The van der Waals surface area contributed by atoms with Gasteiger partial charge in [-0.15, -0.1) is 0 Å². The van der Waals surface area contributed by atoms with Crippen LogP contribution in [0.15, 0.2) is 52.1 Å². The third-order valence-electron chi connectivity index (χ3n) is 2.81. The van der Waals surface area contributed by atoms with E-state index in [1.165, 1.54) is 0 Å². The lowest BCUT2D eigenvalue weighted by molar-refractivity contribution is 0.132. The highest BCUT2D eigenvalue weighted by molar-refractivity contribution is 9.10. The molecular weight excluding hydrogens is 322 g/mol. The molecule has 0 N–H and O–H groups in total. The Morgan fingerprint density at radius 1 is 1.10 bits per heavy atom. The molecule has 1 aliphatic heterocycles. The highest BCUT2D eigenvalue weighted by Gasteiger charge is 2.12. The molecule has 5 heteroatoms. The van der Waals surface area contributed by atoms with Crippen molar-refractivity contribution in [3.05, 3.63) is 58.1 Å². The van der Waals surface area contributed by atoms with Crippen molar-refractivity contribution in [1.82, 2.24) is 0 Å². The van der Waals surface area contributed by atoms with Gasteiger partial charge in [0.25, 0.3) is 0 Å². The van der Waals surface area contributed by atoms with E-state index in [4.69, 9.17) is 14.3 Å². The number of hydrogen-bond donors (Lipinski definition) is 0. The summed E-state index contributed by atoms with van der Waals surface area (Å²) in [6.45, 7) is 0.672. The van der Waals surface area contributed by atoms with Gasteiger partial charge in [-0.1, -0.05) is 39.3 Å². The number of benzene rings is 2. The maximum Gasteiger partial charge on any atom is 0.231 e. The maximum atomic E-state index is 5.31. The van der Waals surface area contributed by atoms with E-state index in [1.54, 1.807) is 6.21 Å². The first-order chi connectivity index (χ1) is 9.81. The average Bonchev–Trinajstić information content (AvgIpc) is 2.93. The van der Waals surface area contributed by atoms with Crippen LogP contribution in [0.1, 0.15) is 11.1 Å². The molecule has 20 heavy (non-hydrogen) atoms. The first-order valence-corrected chi connectivity index (χ1v) is 6.90. The fourth-order valence-corrected chi connectivity index (χ4v) is 2.05. The number of ether oxygens (including phenoxy) is 2. The first-order valence-electron chi connectivity index (χ1n) is 6.11. The Hall–Kier alpha value is -2.01. The van der Waals surface area contributed by atoms with Crippen LogP contribution in [0.4, 0.5) is 0 Å². The summed E-state index contributed by atoms with van der Waals surface area (Å²) in [7, 11) is 0. The number of halogens is 1. The number of nitrogens with zero attached hydrogens (tertiary/aromatic N) is 1. The first kappa shape index (κ1) is 13.0. The summed E-state index contributed by atoms with van der Waals surface area (Å²) in [6, 6.07) is 13.5. The van der Waals surface area contributed by atoms with Crippen molar-refractivity contribution >= 4 is 22.1 Å².